The molecular formula is C20H25ClN4O2. The second kappa shape index (κ2) is 9.17. The van der Waals surface area contributed by atoms with Crippen molar-refractivity contribution in [1.82, 2.24) is 14.8 Å². The zero-order valence-corrected chi connectivity index (χ0v) is 16.5. The Hall–Kier alpha value is -2.15. The molecule has 0 aliphatic carbocycles. The van der Waals surface area contributed by atoms with Crippen molar-refractivity contribution in [3.8, 4) is 11.3 Å². The minimum atomic E-state index is 0.00756. The number of benzene rings is 1. The number of ether oxygens (including phenoxy) is 1. The van der Waals surface area contributed by atoms with Crippen LogP contribution in [0.2, 0.25) is 5.02 Å². The second-order valence-corrected chi connectivity index (χ2v) is 7.05. The predicted molar refractivity (Wildman–Crippen MR) is 108 cm³/mol. The fraction of sp³-hybridized carbons (Fsp3) is 0.400. The first-order valence-electron chi connectivity index (χ1n) is 9.06. The van der Waals surface area contributed by atoms with Gasteiger partial charge in [-0.05, 0) is 31.3 Å². The fourth-order valence-corrected chi connectivity index (χ4v) is 3.22. The number of likely N-dealkylation sites (N-methyl/N-ethyl adjacent to an activating group) is 1. The number of rotatable bonds is 6. The van der Waals surface area contributed by atoms with Gasteiger partial charge in [0.2, 0.25) is 0 Å². The van der Waals surface area contributed by atoms with Crippen LogP contribution in [0.4, 0.5) is 5.82 Å². The zero-order valence-electron chi connectivity index (χ0n) is 15.7. The van der Waals surface area contributed by atoms with Crippen molar-refractivity contribution in [2.24, 2.45) is 0 Å². The monoisotopic (exact) mass is 388 g/mol. The minimum absolute atomic E-state index is 0.00756. The molecule has 1 aromatic heterocycles. The maximum Gasteiger partial charge on any atom is 0.257 e. The number of nitrogens with one attached hydrogen (secondary N) is 1. The number of pyridine rings is 1. The van der Waals surface area contributed by atoms with Crippen LogP contribution in [-0.2, 0) is 4.74 Å². The van der Waals surface area contributed by atoms with E-state index in [0.29, 0.717) is 29.6 Å². The average Bonchev–Trinajstić information content (AvgIpc) is 2.68. The van der Waals surface area contributed by atoms with Crippen molar-refractivity contribution in [2.75, 3.05) is 58.8 Å². The highest BCUT2D eigenvalue weighted by Gasteiger charge is 2.23. The zero-order chi connectivity index (χ0) is 19.2. The number of carbonyl (C=O) groups is 1. The molecule has 1 amide bonds. The quantitative estimate of drug-likeness (QED) is 0.771. The van der Waals surface area contributed by atoms with E-state index in [4.69, 9.17) is 21.3 Å². The summed E-state index contributed by atoms with van der Waals surface area (Å²) >= 11 is 6.11. The largest absolute Gasteiger partial charge is 0.383 e. The summed E-state index contributed by atoms with van der Waals surface area (Å²) in [6.45, 7) is 4.32. The molecule has 0 bridgehead atoms. The van der Waals surface area contributed by atoms with Crippen molar-refractivity contribution < 1.29 is 9.53 Å². The van der Waals surface area contributed by atoms with E-state index in [1.807, 2.05) is 41.3 Å². The lowest BCUT2D eigenvalue weighted by Crippen LogP contribution is -2.47. The van der Waals surface area contributed by atoms with E-state index in [2.05, 4.69) is 17.3 Å². The Morgan fingerprint density at radius 3 is 2.70 bits per heavy atom. The first kappa shape index (κ1) is 19.6. The van der Waals surface area contributed by atoms with Crippen molar-refractivity contribution in [1.29, 1.82) is 0 Å². The third-order valence-corrected chi connectivity index (χ3v) is 4.87. The molecule has 2 aromatic rings. The van der Waals surface area contributed by atoms with E-state index < -0.39 is 0 Å². The smallest absolute Gasteiger partial charge is 0.257 e. The van der Waals surface area contributed by atoms with Gasteiger partial charge in [-0.15, -0.1) is 0 Å². The lowest BCUT2D eigenvalue weighted by molar-refractivity contribution is 0.0664. The summed E-state index contributed by atoms with van der Waals surface area (Å²) in [5, 5.41) is 3.89. The molecule has 3 rings (SSSR count). The van der Waals surface area contributed by atoms with Gasteiger partial charge in [-0.25, -0.2) is 4.98 Å². The van der Waals surface area contributed by atoms with Crippen LogP contribution in [-0.4, -0.2) is 74.2 Å². The van der Waals surface area contributed by atoms with Gasteiger partial charge in [-0.2, -0.15) is 0 Å². The van der Waals surface area contributed by atoms with Crippen LogP contribution in [0.5, 0.6) is 0 Å². The average molecular weight is 389 g/mol. The maximum absolute atomic E-state index is 13.0. The number of hydrogen-bond donors (Lipinski definition) is 1. The number of aromatic nitrogens is 1. The predicted octanol–water partition coefficient (Wildman–Crippen LogP) is 2.85. The van der Waals surface area contributed by atoms with E-state index >= 15 is 0 Å². The molecule has 6 nitrogen and oxygen atoms in total. The van der Waals surface area contributed by atoms with E-state index in [-0.39, 0.29) is 5.91 Å². The lowest BCUT2D eigenvalue weighted by atomic mass is 10.1. The number of piperazine rings is 1. The summed E-state index contributed by atoms with van der Waals surface area (Å²) in [6, 6.07) is 11.3. The normalized spacial score (nSPS) is 15.0. The van der Waals surface area contributed by atoms with Crippen molar-refractivity contribution >= 4 is 23.3 Å². The summed E-state index contributed by atoms with van der Waals surface area (Å²) in [5.74, 6) is 0.585. The molecule has 1 fully saturated rings. The third-order valence-electron chi connectivity index (χ3n) is 4.64. The minimum Gasteiger partial charge on any atom is -0.383 e. The van der Waals surface area contributed by atoms with Crippen LogP contribution in [0, 0.1) is 0 Å². The van der Waals surface area contributed by atoms with Gasteiger partial charge in [0.15, 0.2) is 0 Å². The summed E-state index contributed by atoms with van der Waals surface area (Å²) in [4.78, 5) is 21.9. The van der Waals surface area contributed by atoms with Crippen LogP contribution in [0.1, 0.15) is 10.4 Å². The fourth-order valence-electron chi connectivity index (χ4n) is 3.03. The molecule has 1 saturated heterocycles. The number of anilines is 1. The molecule has 1 N–H and O–H groups in total. The Labute approximate surface area is 165 Å². The van der Waals surface area contributed by atoms with Crippen molar-refractivity contribution in [2.45, 2.75) is 0 Å². The van der Waals surface area contributed by atoms with Crippen LogP contribution < -0.4 is 5.32 Å². The highest BCUT2D eigenvalue weighted by atomic mass is 35.5. The van der Waals surface area contributed by atoms with E-state index in [9.17, 15) is 4.79 Å². The molecule has 7 heteroatoms. The maximum atomic E-state index is 13.0. The number of carbonyl (C=O) groups excluding carboxylic acids is 1. The van der Waals surface area contributed by atoms with E-state index in [1.54, 1.807) is 7.11 Å². The van der Waals surface area contributed by atoms with Gasteiger partial charge >= 0.3 is 0 Å². The van der Waals surface area contributed by atoms with Crippen LogP contribution in [0.25, 0.3) is 11.3 Å². The summed E-state index contributed by atoms with van der Waals surface area (Å²) < 4.78 is 5.11. The van der Waals surface area contributed by atoms with E-state index in [0.717, 1.165) is 37.4 Å². The number of hydrogen-bond acceptors (Lipinski definition) is 5. The number of amides is 1. The van der Waals surface area contributed by atoms with Crippen LogP contribution in [0.15, 0.2) is 36.4 Å². The van der Waals surface area contributed by atoms with Gasteiger partial charge in [-0.1, -0.05) is 23.7 Å². The highest BCUT2D eigenvalue weighted by molar-refractivity contribution is 6.30. The van der Waals surface area contributed by atoms with Crippen molar-refractivity contribution in [3.05, 3.63) is 47.0 Å². The molecule has 144 valence electrons. The highest BCUT2D eigenvalue weighted by Crippen LogP contribution is 2.25. The molecule has 1 aromatic carbocycles. The molecular weight excluding hydrogens is 364 g/mol. The Morgan fingerprint density at radius 1 is 1.22 bits per heavy atom. The molecule has 1 aliphatic heterocycles. The summed E-state index contributed by atoms with van der Waals surface area (Å²) in [7, 11) is 3.72. The van der Waals surface area contributed by atoms with Gasteiger partial charge < -0.3 is 19.9 Å². The molecule has 1 aliphatic rings. The standard InChI is InChI=1S/C20H25ClN4O2/c1-24-9-11-25(12-10-24)20(26)17-6-7-18(15-4-3-5-16(21)14-15)23-19(17)22-8-13-27-2/h3-7,14H,8-13H2,1-2H3,(H,22,23). The topological polar surface area (TPSA) is 57.7 Å². The Kier molecular flexibility index (Phi) is 6.66. The first-order chi connectivity index (χ1) is 13.1. The molecule has 0 radical (unpaired) electrons. The second-order valence-electron chi connectivity index (χ2n) is 6.62. The third kappa shape index (κ3) is 4.97. The Balaban J connectivity index is 1.88. The lowest BCUT2D eigenvalue weighted by Gasteiger charge is -2.32. The van der Waals surface area contributed by atoms with Gasteiger partial charge in [0.05, 0.1) is 17.9 Å². The molecule has 2 heterocycles. The summed E-state index contributed by atoms with van der Waals surface area (Å²) in [5.41, 5.74) is 2.27. The Bertz CT molecular complexity index is 791. The van der Waals surface area contributed by atoms with E-state index in [1.165, 1.54) is 0 Å². The van der Waals surface area contributed by atoms with Gasteiger partial charge in [0, 0.05) is 50.4 Å². The summed E-state index contributed by atoms with van der Waals surface area (Å²) in [6.07, 6.45) is 0. The van der Waals surface area contributed by atoms with Crippen LogP contribution >= 0.6 is 11.6 Å². The SMILES string of the molecule is COCCNc1nc(-c2cccc(Cl)c2)ccc1C(=O)N1CCN(C)CC1. The molecule has 0 unspecified atom stereocenters. The number of methoxy groups -OCH3 is 1. The number of nitrogens with zero attached hydrogens (tertiary/aromatic N) is 3. The molecule has 0 atom stereocenters. The van der Waals surface area contributed by atoms with Crippen molar-refractivity contribution in [3.63, 3.8) is 0 Å². The van der Waals surface area contributed by atoms with Gasteiger partial charge in [0.25, 0.3) is 5.91 Å². The van der Waals surface area contributed by atoms with Gasteiger partial charge in [-0.3, -0.25) is 4.79 Å². The molecule has 27 heavy (non-hydrogen) atoms. The van der Waals surface area contributed by atoms with Gasteiger partial charge in [0.1, 0.15) is 5.82 Å². The molecule has 0 spiro atoms. The number of halogens is 1. The molecule has 0 saturated carbocycles. The first-order valence-corrected chi connectivity index (χ1v) is 9.44. The Morgan fingerprint density at radius 2 is 2.00 bits per heavy atom. The van der Waals surface area contributed by atoms with Crippen LogP contribution in [0.3, 0.4) is 0 Å².